The van der Waals surface area contributed by atoms with Crippen molar-refractivity contribution in [2.24, 2.45) is 0 Å². The van der Waals surface area contributed by atoms with Crippen molar-refractivity contribution in [1.82, 2.24) is 25.1 Å². The van der Waals surface area contributed by atoms with E-state index in [4.69, 9.17) is 9.72 Å². The van der Waals surface area contributed by atoms with Crippen LogP contribution in [0.3, 0.4) is 0 Å². The Labute approximate surface area is 163 Å². The SMILES string of the molecule is COCc1nc(C(=O)N2CCC[C@@H](c3n[nH]c(C4CCCCC4)n3)C2)cs1. The number of amides is 1. The number of rotatable bonds is 5. The van der Waals surface area contributed by atoms with Crippen molar-refractivity contribution >= 4 is 17.2 Å². The Morgan fingerprint density at radius 2 is 2.04 bits per heavy atom. The number of methoxy groups -OCH3 is 1. The zero-order valence-electron chi connectivity index (χ0n) is 15.8. The Hall–Kier alpha value is -1.80. The minimum absolute atomic E-state index is 0.00124. The summed E-state index contributed by atoms with van der Waals surface area (Å²) in [4.78, 5) is 23.9. The summed E-state index contributed by atoms with van der Waals surface area (Å²) in [5.74, 6) is 2.63. The third-order valence-electron chi connectivity index (χ3n) is 5.62. The maximum atomic E-state index is 12.8. The summed E-state index contributed by atoms with van der Waals surface area (Å²) >= 11 is 1.47. The summed E-state index contributed by atoms with van der Waals surface area (Å²) in [6, 6.07) is 0. The maximum absolute atomic E-state index is 12.8. The van der Waals surface area contributed by atoms with E-state index in [1.807, 2.05) is 10.3 Å². The lowest BCUT2D eigenvalue weighted by atomic mass is 9.89. The number of likely N-dealkylation sites (tertiary alicyclic amines) is 1. The molecule has 1 aliphatic heterocycles. The van der Waals surface area contributed by atoms with Crippen LogP contribution in [-0.2, 0) is 11.3 Å². The fourth-order valence-electron chi connectivity index (χ4n) is 4.16. The second kappa shape index (κ2) is 8.48. The molecule has 1 saturated heterocycles. The number of nitrogens with one attached hydrogen (secondary N) is 1. The van der Waals surface area contributed by atoms with E-state index in [-0.39, 0.29) is 11.8 Å². The molecule has 4 rings (SSSR count). The number of H-pyrrole nitrogens is 1. The van der Waals surface area contributed by atoms with Gasteiger partial charge in [0.05, 0.1) is 6.61 Å². The average Bonchev–Trinajstić information content (AvgIpc) is 3.39. The predicted octanol–water partition coefficient (Wildman–Crippen LogP) is 3.48. The van der Waals surface area contributed by atoms with Crippen LogP contribution in [0.2, 0.25) is 0 Å². The van der Waals surface area contributed by atoms with Crippen molar-refractivity contribution in [3.63, 3.8) is 0 Å². The number of thiazole rings is 1. The smallest absolute Gasteiger partial charge is 0.273 e. The zero-order chi connectivity index (χ0) is 18.6. The second-order valence-electron chi connectivity index (χ2n) is 7.56. The van der Waals surface area contributed by atoms with Gasteiger partial charge in [-0.15, -0.1) is 11.3 Å². The highest BCUT2D eigenvalue weighted by molar-refractivity contribution is 7.09. The van der Waals surface area contributed by atoms with Gasteiger partial charge in [-0.2, -0.15) is 5.10 Å². The van der Waals surface area contributed by atoms with Crippen LogP contribution in [-0.4, -0.2) is 51.2 Å². The van der Waals surface area contributed by atoms with Crippen LogP contribution in [0.25, 0.3) is 0 Å². The predicted molar refractivity (Wildman–Crippen MR) is 103 cm³/mol. The van der Waals surface area contributed by atoms with Gasteiger partial charge in [0.15, 0.2) is 5.82 Å². The van der Waals surface area contributed by atoms with Crippen LogP contribution < -0.4 is 0 Å². The van der Waals surface area contributed by atoms with Crippen LogP contribution in [0.15, 0.2) is 5.38 Å². The number of aromatic amines is 1. The van der Waals surface area contributed by atoms with Gasteiger partial charge in [0, 0.05) is 37.4 Å². The summed E-state index contributed by atoms with van der Waals surface area (Å²) in [6.07, 6.45) is 8.31. The highest BCUT2D eigenvalue weighted by Crippen LogP contribution is 2.32. The molecular weight excluding hydrogens is 362 g/mol. The maximum Gasteiger partial charge on any atom is 0.273 e. The second-order valence-corrected chi connectivity index (χ2v) is 8.51. The first-order chi connectivity index (χ1) is 13.2. The number of hydrogen-bond donors (Lipinski definition) is 1. The van der Waals surface area contributed by atoms with Gasteiger partial charge >= 0.3 is 0 Å². The van der Waals surface area contributed by atoms with Crippen LogP contribution in [0, 0.1) is 0 Å². The van der Waals surface area contributed by atoms with Gasteiger partial charge < -0.3 is 9.64 Å². The highest BCUT2D eigenvalue weighted by atomic mass is 32.1. The summed E-state index contributed by atoms with van der Waals surface area (Å²) < 4.78 is 5.10. The molecule has 0 unspecified atom stereocenters. The summed E-state index contributed by atoms with van der Waals surface area (Å²) in [5, 5.41) is 10.3. The lowest BCUT2D eigenvalue weighted by molar-refractivity contribution is 0.0699. The summed E-state index contributed by atoms with van der Waals surface area (Å²) in [5.41, 5.74) is 0.519. The molecule has 0 aromatic carbocycles. The molecule has 1 aliphatic carbocycles. The molecule has 2 fully saturated rings. The molecule has 1 saturated carbocycles. The first-order valence-corrected chi connectivity index (χ1v) is 10.8. The van der Waals surface area contributed by atoms with E-state index in [0.29, 0.717) is 24.8 Å². The van der Waals surface area contributed by atoms with E-state index in [9.17, 15) is 4.79 Å². The van der Waals surface area contributed by atoms with Gasteiger partial charge in [-0.3, -0.25) is 9.89 Å². The molecule has 2 aliphatic rings. The van der Waals surface area contributed by atoms with Crippen molar-refractivity contribution < 1.29 is 9.53 Å². The van der Waals surface area contributed by atoms with Crippen molar-refractivity contribution in [1.29, 1.82) is 0 Å². The fraction of sp³-hybridized carbons (Fsp3) is 0.684. The van der Waals surface area contributed by atoms with Crippen molar-refractivity contribution in [2.45, 2.75) is 63.4 Å². The molecule has 2 aromatic rings. The first kappa shape index (κ1) is 18.6. The van der Waals surface area contributed by atoms with E-state index < -0.39 is 0 Å². The molecule has 1 N–H and O–H groups in total. The van der Waals surface area contributed by atoms with Crippen molar-refractivity contribution in [3.8, 4) is 0 Å². The molecule has 1 amide bonds. The van der Waals surface area contributed by atoms with E-state index >= 15 is 0 Å². The van der Waals surface area contributed by atoms with Crippen molar-refractivity contribution in [3.05, 3.63) is 27.7 Å². The Morgan fingerprint density at radius 3 is 2.85 bits per heavy atom. The van der Waals surface area contributed by atoms with Crippen LogP contribution >= 0.6 is 11.3 Å². The molecule has 0 spiro atoms. The zero-order valence-corrected chi connectivity index (χ0v) is 16.6. The number of piperidine rings is 1. The van der Waals surface area contributed by atoms with Crippen LogP contribution in [0.5, 0.6) is 0 Å². The quantitative estimate of drug-likeness (QED) is 0.846. The molecule has 0 bridgehead atoms. The number of carbonyl (C=O) groups is 1. The van der Waals surface area contributed by atoms with E-state index in [1.54, 1.807) is 7.11 Å². The highest BCUT2D eigenvalue weighted by Gasteiger charge is 2.30. The normalized spacial score (nSPS) is 21.5. The Bertz CT molecular complexity index is 768. The van der Waals surface area contributed by atoms with Crippen LogP contribution in [0.4, 0.5) is 0 Å². The first-order valence-electron chi connectivity index (χ1n) is 9.89. The molecule has 1 atom stereocenters. The Kier molecular flexibility index (Phi) is 5.83. The van der Waals surface area contributed by atoms with E-state index in [2.05, 4.69) is 15.2 Å². The molecule has 3 heterocycles. The lowest BCUT2D eigenvalue weighted by Gasteiger charge is -2.31. The molecule has 0 radical (unpaired) electrons. The fourth-order valence-corrected chi connectivity index (χ4v) is 4.90. The number of nitrogens with zero attached hydrogens (tertiary/aromatic N) is 4. The van der Waals surface area contributed by atoms with Gasteiger partial charge in [0.25, 0.3) is 5.91 Å². The molecule has 7 nitrogen and oxygen atoms in total. The van der Waals surface area contributed by atoms with Gasteiger partial charge in [0.2, 0.25) is 0 Å². The summed E-state index contributed by atoms with van der Waals surface area (Å²) in [7, 11) is 1.64. The Morgan fingerprint density at radius 1 is 1.22 bits per heavy atom. The Balaban J connectivity index is 1.41. The third-order valence-corrected chi connectivity index (χ3v) is 6.45. The van der Waals surface area contributed by atoms with E-state index in [0.717, 1.165) is 36.0 Å². The van der Waals surface area contributed by atoms with Gasteiger partial charge in [-0.1, -0.05) is 19.3 Å². The molecule has 2 aromatic heterocycles. The number of ether oxygens (including phenoxy) is 1. The van der Waals surface area contributed by atoms with E-state index in [1.165, 1.54) is 43.4 Å². The lowest BCUT2D eigenvalue weighted by Crippen LogP contribution is -2.39. The molecule has 8 heteroatoms. The minimum Gasteiger partial charge on any atom is -0.378 e. The number of carbonyl (C=O) groups excluding carboxylic acids is 1. The molecule has 146 valence electrons. The molecular formula is C19H27N5O2S. The topological polar surface area (TPSA) is 84.0 Å². The monoisotopic (exact) mass is 389 g/mol. The van der Waals surface area contributed by atoms with Gasteiger partial charge in [-0.05, 0) is 25.7 Å². The van der Waals surface area contributed by atoms with Crippen molar-refractivity contribution in [2.75, 3.05) is 20.2 Å². The van der Waals surface area contributed by atoms with Gasteiger partial charge in [-0.25, -0.2) is 9.97 Å². The molecule has 27 heavy (non-hydrogen) atoms. The largest absolute Gasteiger partial charge is 0.378 e. The van der Waals surface area contributed by atoms with Crippen LogP contribution in [0.1, 0.15) is 83.9 Å². The van der Waals surface area contributed by atoms with Gasteiger partial charge in [0.1, 0.15) is 16.5 Å². The third kappa shape index (κ3) is 4.21. The number of hydrogen-bond acceptors (Lipinski definition) is 6. The minimum atomic E-state index is 0.00124. The number of aromatic nitrogens is 4. The summed E-state index contributed by atoms with van der Waals surface area (Å²) in [6.45, 7) is 1.88. The standard InChI is InChI=1S/C19H27N5O2S/c1-26-11-16-20-15(12-27-16)19(25)24-9-5-8-14(10-24)18-21-17(22-23-18)13-6-3-2-4-7-13/h12-14H,2-11H2,1H3,(H,21,22,23)/t14-/m1/s1. The average molecular weight is 390 g/mol.